The van der Waals surface area contributed by atoms with Crippen molar-refractivity contribution in [2.75, 3.05) is 0 Å². The quantitative estimate of drug-likeness (QED) is 0.439. The molecule has 0 spiro atoms. The number of benzene rings is 2. The van der Waals surface area contributed by atoms with Crippen molar-refractivity contribution < 1.29 is 18.0 Å². The number of thioether (sulfide) groups is 1. The fourth-order valence-corrected chi connectivity index (χ4v) is 2.26. The van der Waals surface area contributed by atoms with E-state index in [1.807, 2.05) is 30.3 Å². The molecule has 0 heterocycles. The summed E-state index contributed by atoms with van der Waals surface area (Å²) in [6.07, 6.45) is -3.04. The molecule has 2 aromatic rings. The summed E-state index contributed by atoms with van der Waals surface area (Å²) in [7, 11) is 0. The van der Waals surface area contributed by atoms with Crippen LogP contribution < -0.4 is 0 Å². The third-order valence-electron chi connectivity index (χ3n) is 2.66. The lowest BCUT2D eigenvalue weighted by atomic mass is 10.1. The van der Waals surface area contributed by atoms with E-state index in [1.54, 1.807) is 5.41 Å². The zero-order valence-corrected chi connectivity index (χ0v) is 11.6. The molecule has 0 atom stereocenters. The lowest BCUT2D eigenvalue weighted by molar-refractivity contribution is -0.137. The lowest BCUT2D eigenvalue weighted by Crippen LogP contribution is -2.05. The van der Waals surface area contributed by atoms with Crippen LogP contribution in [-0.2, 0) is 6.18 Å². The average molecular weight is 308 g/mol. The van der Waals surface area contributed by atoms with Gasteiger partial charge in [-0.2, -0.15) is 13.2 Å². The van der Waals surface area contributed by atoms with Crippen LogP contribution in [0.2, 0.25) is 0 Å². The number of carbonyl (C=O) groups is 1. The molecule has 108 valence electrons. The van der Waals surface area contributed by atoms with Crippen LogP contribution in [0.25, 0.3) is 0 Å². The molecule has 21 heavy (non-hydrogen) atoms. The van der Waals surface area contributed by atoms with E-state index in [4.69, 9.17) is 0 Å². The average Bonchev–Trinajstić information content (AvgIpc) is 2.47. The Balaban J connectivity index is 2.00. The first kappa shape index (κ1) is 15.4. The first-order chi connectivity index (χ1) is 9.97. The summed E-state index contributed by atoms with van der Waals surface area (Å²) < 4.78 is 37.2. The molecule has 1 nitrogen and oxygen atoms in total. The second-order valence-electron chi connectivity index (χ2n) is 4.17. The molecule has 0 aromatic heterocycles. The van der Waals surface area contributed by atoms with E-state index < -0.39 is 11.7 Å². The maximum atomic E-state index is 12.4. The number of ketones is 1. The van der Waals surface area contributed by atoms with Gasteiger partial charge in [0.05, 0.1) is 5.56 Å². The second kappa shape index (κ2) is 6.63. The summed E-state index contributed by atoms with van der Waals surface area (Å²) in [5.74, 6) is -0.327. The molecule has 0 unspecified atom stereocenters. The largest absolute Gasteiger partial charge is 0.416 e. The second-order valence-corrected chi connectivity index (χ2v) is 5.15. The number of hydrogen-bond donors (Lipinski definition) is 0. The third kappa shape index (κ3) is 4.49. The van der Waals surface area contributed by atoms with Gasteiger partial charge in [0.2, 0.25) is 0 Å². The zero-order valence-electron chi connectivity index (χ0n) is 10.8. The van der Waals surface area contributed by atoms with Gasteiger partial charge in [-0.3, -0.25) is 4.79 Å². The van der Waals surface area contributed by atoms with Gasteiger partial charge in [-0.05, 0) is 35.7 Å². The normalized spacial score (nSPS) is 11.8. The number of hydrogen-bond acceptors (Lipinski definition) is 2. The van der Waals surface area contributed by atoms with Crippen LogP contribution in [0.3, 0.4) is 0 Å². The molecule has 0 aliphatic rings. The molecule has 0 aliphatic carbocycles. The smallest absolute Gasteiger partial charge is 0.289 e. The Bertz CT molecular complexity index is 631. The maximum Gasteiger partial charge on any atom is 0.416 e. The Hall–Kier alpha value is -2.01. The number of allylic oxidation sites excluding steroid dienone is 1. The zero-order chi connectivity index (χ0) is 15.3. The summed E-state index contributed by atoms with van der Waals surface area (Å²) in [5, 5.41) is 1.62. The van der Waals surface area contributed by atoms with Crippen LogP contribution in [0, 0.1) is 0 Å². The number of halogens is 3. The molecular weight excluding hydrogens is 297 g/mol. The van der Waals surface area contributed by atoms with Crippen LogP contribution in [0.5, 0.6) is 0 Å². The van der Waals surface area contributed by atoms with E-state index in [-0.39, 0.29) is 11.3 Å². The predicted octanol–water partition coefficient (Wildman–Crippen LogP) is 5.19. The van der Waals surface area contributed by atoms with Gasteiger partial charge in [-0.15, -0.1) is 0 Å². The minimum Gasteiger partial charge on any atom is -0.289 e. The molecule has 0 fully saturated rings. The Labute approximate surface area is 124 Å². The van der Waals surface area contributed by atoms with Gasteiger partial charge in [-0.1, -0.05) is 42.1 Å². The first-order valence-corrected chi connectivity index (χ1v) is 6.94. The molecular formula is C16H11F3OS. The Kier molecular flexibility index (Phi) is 4.85. The predicted molar refractivity (Wildman–Crippen MR) is 77.2 cm³/mol. The van der Waals surface area contributed by atoms with Crippen molar-refractivity contribution in [3.8, 4) is 0 Å². The molecule has 0 amide bonds. The molecule has 2 aromatic carbocycles. The van der Waals surface area contributed by atoms with Crippen LogP contribution in [0.4, 0.5) is 13.2 Å². The molecule has 5 heteroatoms. The fourth-order valence-electron chi connectivity index (χ4n) is 1.59. The van der Waals surface area contributed by atoms with Gasteiger partial charge in [-0.25, -0.2) is 0 Å². The first-order valence-electron chi connectivity index (χ1n) is 6.06. The van der Waals surface area contributed by atoms with E-state index in [1.165, 1.54) is 30.0 Å². The van der Waals surface area contributed by atoms with Gasteiger partial charge in [0.15, 0.2) is 5.78 Å². The summed E-state index contributed by atoms with van der Waals surface area (Å²) in [5.41, 5.74) is -0.533. The minimum atomic E-state index is -4.39. The van der Waals surface area contributed by atoms with E-state index in [2.05, 4.69) is 0 Å². The Morgan fingerprint density at radius 3 is 2.14 bits per heavy atom. The third-order valence-corrected chi connectivity index (χ3v) is 3.48. The highest BCUT2D eigenvalue weighted by Crippen LogP contribution is 2.29. The van der Waals surface area contributed by atoms with Crippen LogP contribution >= 0.6 is 11.8 Å². The van der Waals surface area contributed by atoms with Gasteiger partial charge in [0.25, 0.3) is 0 Å². The van der Waals surface area contributed by atoms with E-state index in [0.717, 1.165) is 17.0 Å². The van der Waals surface area contributed by atoms with Crippen molar-refractivity contribution in [2.24, 2.45) is 0 Å². The Morgan fingerprint density at radius 2 is 1.57 bits per heavy atom. The van der Waals surface area contributed by atoms with Crippen LogP contribution in [-0.4, -0.2) is 5.78 Å². The van der Waals surface area contributed by atoms with Gasteiger partial charge >= 0.3 is 6.18 Å². The fraction of sp³-hybridized carbons (Fsp3) is 0.0625. The van der Waals surface area contributed by atoms with Crippen molar-refractivity contribution in [2.45, 2.75) is 11.1 Å². The Morgan fingerprint density at radius 1 is 0.952 bits per heavy atom. The van der Waals surface area contributed by atoms with Crippen molar-refractivity contribution in [3.63, 3.8) is 0 Å². The van der Waals surface area contributed by atoms with Crippen molar-refractivity contribution in [3.05, 3.63) is 77.2 Å². The molecule has 0 radical (unpaired) electrons. The summed E-state index contributed by atoms with van der Waals surface area (Å²) in [6.45, 7) is 0. The van der Waals surface area contributed by atoms with Crippen molar-refractivity contribution >= 4 is 17.5 Å². The summed E-state index contributed by atoms with van der Waals surface area (Å²) in [4.78, 5) is 12.8. The van der Waals surface area contributed by atoms with Crippen molar-refractivity contribution in [1.82, 2.24) is 0 Å². The molecule has 0 saturated heterocycles. The van der Waals surface area contributed by atoms with E-state index in [9.17, 15) is 18.0 Å². The van der Waals surface area contributed by atoms with Gasteiger partial charge in [0, 0.05) is 10.5 Å². The van der Waals surface area contributed by atoms with E-state index >= 15 is 0 Å². The van der Waals surface area contributed by atoms with Crippen LogP contribution in [0.1, 0.15) is 15.9 Å². The highest BCUT2D eigenvalue weighted by atomic mass is 32.2. The lowest BCUT2D eigenvalue weighted by Gasteiger charge is -2.06. The highest BCUT2D eigenvalue weighted by molar-refractivity contribution is 8.02. The topological polar surface area (TPSA) is 17.1 Å². The summed E-state index contributed by atoms with van der Waals surface area (Å²) in [6, 6.07) is 13.6. The number of alkyl halides is 3. The van der Waals surface area contributed by atoms with Crippen molar-refractivity contribution in [1.29, 1.82) is 0 Å². The maximum absolute atomic E-state index is 12.4. The summed E-state index contributed by atoms with van der Waals surface area (Å²) >= 11 is 1.37. The van der Waals surface area contributed by atoms with Gasteiger partial charge in [0.1, 0.15) is 0 Å². The van der Waals surface area contributed by atoms with E-state index in [0.29, 0.717) is 0 Å². The highest BCUT2D eigenvalue weighted by Gasteiger charge is 2.30. The molecule has 0 saturated carbocycles. The van der Waals surface area contributed by atoms with Crippen LogP contribution in [0.15, 0.2) is 71.0 Å². The molecule has 0 bridgehead atoms. The monoisotopic (exact) mass is 308 g/mol. The molecule has 0 aliphatic heterocycles. The minimum absolute atomic E-state index is 0.230. The SMILES string of the molecule is O=C(/C=C/Sc1ccccc1)c1ccc(C(F)(F)F)cc1. The number of carbonyl (C=O) groups excluding carboxylic acids is 1. The van der Waals surface area contributed by atoms with Gasteiger partial charge < -0.3 is 0 Å². The molecule has 2 rings (SSSR count). The molecule has 0 N–H and O–H groups in total. The standard InChI is InChI=1S/C16H11F3OS/c17-16(18,19)13-8-6-12(7-9-13)15(20)10-11-21-14-4-2-1-3-5-14/h1-11H/b11-10+. The number of rotatable bonds is 4.